The lowest BCUT2D eigenvalue weighted by Gasteiger charge is -2.09. The summed E-state index contributed by atoms with van der Waals surface area (Å²) in [5.41, 5.74) is 4.21. The van der Waals surface area contributed by atoms with E-state index in [2.05, 4.69) is 40.4 Å². The highest BCUT2D eigenvalue weighted by atomic mass is 32.1. The number of hydrogen-bond acceptors (Lipinski definition) is 4. The molecule has 0 radical (unpaired) electrons. The van der Waals surface area contributed by atoms with Gasteiger partial charge in [0.05, 0.1) is 18.3 Å². The molecule has 0 aliphatic carbocycles. The molecule has 0 atom stereocenters. The molecule has 0 saturated heterocycles. The lowest BCUT2D eigenvalue weighted by molar-refractivity contribution is 0.630. The lowest BCUT2D eigenvalue weighted by atomic mass is 10.1. The monoisotopic (exact) mass is 286 g/mol. The topological polar surface area (TPSA) is 64.3 Å². The molecule has 0 bridgehead atoms. The van der Waals surface area contributed by atoms with Gasteiger partial charge < -0.3 is 0 Å². The Balaban J connectivity index is 2.16. The zero-order valence-electron chi connectivity index (χ0n) is 11.5. The summed E-state index contributed by atoms with van der Waals surface area (Å²) in [6.45, 7) is 4.16. The van der Waals surface area contributed by atoms with Crippen molar-refractivity contribution in [2.24, 2.45) is 7.05 Å². The highest BCUT2D eigenvalue weighted by Crippen LogP contribution is 2.21. The standard InChI is InChI=1S/C13H14N6S/c1-8-5-4-6-11(9(8)2)19-13(20)10(7-14-19)12-15-17-18(3)16-12/h4-7,14H,1-3H3. The van der Waals surface area contributed by atoms with Crippen molar-refractivity contribution >= 4 is 12.2 Å². The maximum atomic E-state index is 5.52. The summed E-state index contributed by atoms with van der Waals surface area (Å²) in [5, 5.41) is 15.2. The number of aromatic amines is 1. The molecular formula is C13H14N6S. The van der Waals surface area contributed by atoms with E-state index in [1.807, 2.05) is 16.8 Å². The Morgan fingerprint density at radius 1 is 1.25 bits per heavy atom. The molecule has 2 heterocycles. The number of rotatable bonds is 2. The Labute approximate surface area is 121 Å². The number of aryl methyl sites for hydroxylation is 2. The van der Waals surface area contributed by atoms with Crippen LogP contribution >= 0.6 is 12.2 Å². The predicted octanol–water partition coefficient (Wildman–Crippen LogP) is 2.34. The van der Waals surface area contributed by atoms with Crippen LogP contribution in [0.2, 0.25) is 0 Å². The number of benzene rings is 1. The third-order valence-corrected chi connectivity index (χ3v) is 3.74. The molecular weight excluding hydrogens is 272 g/mol. The van der Waals surface area contributed by atoms with Gasteiger partial charge in [-0.2, -0.15) is 4.80 Å². The van der Waals surface area contributed by atoms with E-state index < -0.39 is 0 Å². The summed E-state index contributed by atoms with van der Waals surface area (Å²) in [6, 6.07) is 6.12. The third-order valence-electron chi connectivity index (χ3n) is 3.34. The van der Waals surface area contributed by atoms with Gasteiger partial charge in [0.15, 0.2) is 0 Å². The van der Waals surface area contributed by atoms with Crippen molar-refractivity contribution in [1.29, 1.82) is 0 Å². The summed E-state index contributed by atoms with van der Waals surface area (Å²) in [4.78, 5) is 1.42. The minimum absolute atomic E-state index is 0.526. The smallest absolute Gasteiger partial charge is 0.209 e. The van der Waals surface area contributed by atoms with Crippen molar-refractivity contribution in [1.82, 2.24) is 30.0 Å². The van der Waals surface area contributed by atoms with Crippen molar-refractivity contribution in [2.75, 3.05) is 0 Å². The van der Waals surface area contributed by atoms with E-state index in [4.69, 9.17) is 12.2 Å². The van der Waals surface area contributed by atoms with Crippen LogP contribution in [0.25, 0.3) is 17.1 Å². The Bertz CT molecular complexity index is 826. The highest BCUT2D eigenvalue weighted by Gasteiger charge is 2.12. The Morgan fingerprint density at radius 2 is 2.05 bits per heavy atom. The van der Waals surface area contributed by atoms with Crippen LogP contribution in [-0.4, -0.2) is 30.0 Å². The number of tetrazole rings is 1. The summed E-state index contributed by atoms with van der Waals surface area (Å²) in [6.07, 6.45) is 1.81. The molecule has 6 nitrogen and oxygen atoms in total. The number of nitrogens with one attached hydrogen (secondary N) is 1. The maximum Gasteiger partial charge on any atom is 0.209 e. The van der Waals surface area contributed by atoms with E-state index in [0.29, 0.717) is 10.5 Å². The quantitative estimate of drug-likeness (QED) is 0.734. The second kappa shape index (κ2) is 4.68. The number of aromatic nitrogens is 6. The first-order chi connectivity index (χ1) is 9.58. The molecule has 7 heteroatoms. The maximum absolute atomic E-state index is 5.52. The lowest BCUT2D eigenvalue weighted by Crippen LogP contribution is -2.00. The number of hydrogen-bond donors (Lipinski definition) is 1. The van der Waals surface area contributed by atoms with E-state index in [9.17, 15) is 0 Å². The number of H-pyrrole nitrogens is 1. The van der Waals surface area contributed by atoms with Crippen LogP contribution in [0.5, 0.6) is 0 Å². The van der Waals surface area contributed by atoms with Gasteiger partial charge in [-0.15, -0.1) is 10.2 Å². The molecule has 0 fully saturated rings. The van der Waals surface area contributed by atoms with Gasteiger partial charge >= 0.3 is 0 Å². The first kappa shape index (κ1) is 12.7. The predicted molar refractivity (Wildman–Crippen MR) is 78.2 cm³/mol. The van der Waals surface area contributed by atoms with Crippen LogP contribution in [0.3, 0.4) is 0 Å². The van der Waals surface area contributed by atoms with Crippen molar-refractivity contribution in [2.45, 2.75) is 13.8 Å². The van der Waals surface area contributed by atoms with Crippen LogP contribution in [0.1, 0.15) is 11.1 Å². The fourth-order valence-corrected chi connectivity index (χ4v) is 2.38. The summed E-state index contributed by atoms with van der Waals surface area (Å²) in [7, 11) is 1.73. The van der Waals surface area contributed by atoms with Crippen LogP contribution in [0.4, 0.5) is 0 Å². The van der Waals surface area contributed by atoms with Gasteiger partial charge in [-0.25, -0.2) is 4.68 Å². The molecule has 0 spiro atoms. The molecule has 20 heavy (non-hydrogen) atoms. The molecule has 1 aromatic carbocycles. The van der Waals surface area contributed by atoms with E-state index in [1.165, 1.54) is 15.9 Å². The zero-order valence-corrected chi connectivity index (χ0v) is 12.3. The van der Waals surface area contributed by atoms with Gasteiger partial charge in [0.2, 0.25) is 5.82 Å². The Kier molecular flexibility index (Phi) is 2.98. The summed E-state index contributed by atoms with van der Waals surface area (Å²) >= 11 is 5.52. The molecule has 1 N–H and O–H groups in total. The molecule has 3 rings (SSSR count). The average molecular weight is 286 g/mol. The van der Waals surface area contributed by atoms with Gasteiger partial charge in [-0.3, -0.25) is 5.10 Å². The summed E-state index contributed by atoms with van der Waals surface area (Å²) in [5.74, 6) is 0.526. The molecule has 0 unspecified atom stereocenters. The van der Waals surface area contributed by atoms with Crippen molar-refractivity contribution in [3.8, 4) is 17.1 Å². The molecule has 0 aliphatic heterocycles. The zero-order chi connectivity index (χ0) is 14.3. The van der Waals surface area contributed by atoms with Gasteiger partial charge in [0.1, 0.15) is 4.64 Å². The largest absolute Gasteiger partial charge is 0.299 e. The number of nitrogens with zero attached hydrogens (tertiary/aromatic N) is 5. The Hall–Kier alpha value is -2.28. The fourth-order valence-electron chi connectivity index (χ4n) is 2.08. The van der Waals surface area contributed by atoms with Crippen molar-refractivity contribution < 1.29 is 0 Å². The SMILES string of the molecule is Cc1cccc(-n2[nH]cc(-c3nnn(C)n3)c2=S)c1C. The normalized spacial score (nSPS) is 10.9. The van der Waals surface area contributed by atoms with Crippen LogP contribution in [0, 0.1) is 18.5 Å². The van der Waals surface area contributed by atoms with Crippen molar-refractivity contribution in [3.63, 3.8) is 0 Å². The molecule has 3 aromatic rings. The van der Waals surface area contributed by atoms with Crippen LogP contribution in [0.15, 0.2) is 24.4 Å². The fraction of sp³-hybridized carbons (Fsp3) is 0.231. The van der Waals surface area contributed by atoms with E-state index in [1.54, 1.807) is 13.2 Å². The molecule has 0 aliphatic rings. The Morgan fingerprint density at radius 3 is 2.75 bits per heavy atom. The van der Waals surface area contributed by atoms with E-state index in [-0.39, 0.29) is 0 Å². The van der Waals surface area contributed by atoms with Crippen LogP contribution in [-0.2, 0) is 7.05 Å². The second-order valence-electron chi connectivity index (χ2n) is 4.65. The molecule has 102 valence electrons. The second-order valence-corrected chi connectivity index (χ2v) is 5.04. The third kappa shape index (κ3) is 1.96. The van der Waals surface area contributed by atoms with Gasteiger partial charge in [-0.05, 0) is 36.3 Å². The highest BCUT2D eigenvalue weighted by molar-refractivity contribution is 7.71. The minimum atomic E-state index is 0.526. The molecule has 0 amide bonds. The molecule has 0 saturated carbocycles. The minimum Gasteiger partial charge on any atom is -0.299 e. The van der Waals surface area contributed by atoms with E-state index >= 15 is 0 Å². The average Bonchev–Trinajstić information content (AvgIpc) is 2.99. The van der Waals surface area contributed by atoms with Gasteiger partial charge in [0, 0.05) is 6.20 Å². The van der Waals surface area contributed by atoms with Crippen LogP contribution < -0.4 is 0 Å². The first-order valence-corrected chi connectivity index (χ1v) is 6.60. The first-order valence-electron chi connectivity index (χ1n) is 6.19. The molecule has 2 aromatic heterocycles. The van der Waals surface area contributed by atoms with Gasteiger partial charge in [0.25, 0.3) is 0 Å². The van der Waals surface area contributed by atoms with E-state index in [0.717, 1.165) is 11.3 Å². The van der Waals surface area contributed by atoms with Gasteiger partial charge in [-0.1, -0.05) is 24.4 Å². The summed E-state index contributed by atoms with van der Waals surface area (Å²) < 4.78 is 2.51. The van der Waals surface area contributed by atoms with Crippen molar-refractivity contribution in [3.05, 3.63) is 40.2 Å².